The van der Waals surface area contributed by atoms with Gasteiger partial charge in [0.25, 0.3) is 0 Å². The zero-order valence-corrected chi connectivity index (χ0v) is 6.21. The van der Waals surface area contributed by atoms with E-state index < -0.39 is 12.2 Å². The molecule has 0 aliphatic rings. The molecular weight excluding hydrogens is 173 g/mol. The van der Waals surface area contributed by atoms with E-state index in [0.29, 0.717) is 0 Å². The molecule has 0 aromatic carbocycles. The molecule has 1 aromatic rings. The smallest absolute Gasteiger partial charge is 0.319 e. The molecule has 0 spiro atoms. The molecule has 1 unspecified atom stereocenters. The molecule has 0 aliphatic carbocycles. The minimum absolute atomic E-state index is 0.289. The van der Waals surface area contributed by atoms with Crippen LogP contribution in [0.25, 0.3) is 0 Å². The van der Waals surface area contributed by atoms with Crippen LogP contribution in [0.1, 0.15) is 11.9 Å². The van der Waals surface area contributed by atoms with E-state index in [4.69, 9.17) is 5.73 Å². The van der Waals surface area contributed by atoms with Crippen molar-refractivity contribution in [3.63, 3.8) is 0 Å². The molecule has 1 atom stereocenters. The molecule has 68 valence electrons. The van der Waals surface area contributed by atoms with Gasteiger partial charge in [0.1, 0.15) is 6.33 Å². The maximum Gasteiger partial charge on any atom is 0.410 e. The molecule has 0 bridgehead atoms. The van der Waals surface area contributed by atoms with Crippen molar-refractivity contribution in [2.75, 3.05) is 0 Å². The number of rotatable bonds is 1. The fourth-order valence-corrected chi connectivity index (χ4v) is 0.720. The summed E-state index contributed by atoms with van der Waals surface area (Å²) in [4.78, 5) is 0. The number of hydrogen-bond donors (Lipinski definition) is 1. The Morgan fingerprint density at radius 2 is 2.17 bits per heavy atom. The average Bonchev–Trinajstić information content (AvgIpc) is 2.31. The highest BCUT2D eigenvalue weighted by atomic mass is 19.4. The van der Waals surface area contributed by atoms with Crippen LogP contribution in [0.5, 0.6) is 0 Å². The number of halogens is 3. The van der Waals surface area contributed by atoms with Gasteiger partial charge in [0, 0.05) is 7.05 Å². The summed E-state index contributed by atoms with van der Waals surface area (Å²) < 4.78 is 37.1. The van der Waals surface area contributed by atoms with E-state index >= 15 is 0 Å². The molecule has 1 heterocycles. The third-order valence-electron chi connectivity index (χ3n) is 1.38. The normalized spacial score (nSPS) is 14.8. The summed E-state index contributed by atoms with van der Waals surface area (Å²) in [5.74, 6) is -0.289. The van der Waals surface area contributed by atoms with Crippen molar-refractivity contribution in [1.29, 1.82) is 0 Å². The van der Waals surface area contributed by atoms with Gasteiger partial charge in [0.2, 0.25) is 0 Å². The Morgan fingerprint density at radius 1 is 1.58 bits per heavy atom. The zero-order chi connectivity index (χ0) is 9.35. The standard InChI is InChI=1S/C5H7F3N4/c1-12-2-10-11-4(12)3(9)5(6,7)8/h2-3H,9H2,1H3. The average molecular weight is 180 g/mol. The highest BCUT2D eigenvalue weighted by Gasteiger charge is 2.40. The SMILES string of the molecule is Cn1cnnc1C(N)C(F)(F)F. The predicted octanol–water partition coefficient (Wildman–Crippen LogP) is 0.377. The minimum Gasteiger partial charge on any atom is -0.319 e. The van der Waals surface area contributed by atoms with Gasteiger partial charge in [-0.2, -0.15) is 13.2 Å². The largest absolute Gasteiger partial charge is 0.410 e. The number of aromatic nitrogens is 3. The first kappa shape index (κ1) is 8.98. The van der Waals surface area contributed by atoms with E-state index in [0.717, 1.165) is 4.57 Å². The summed E-state index contributed by atoms with van der Waals surface area (Å²) in [6.07, 6.45) is -3.30. The molecule has 12 heavy (non-hydrogen) atoms. The van der Waals surface area contributed by atoms with Crippen LogP contribution in [0.3, 0.4) is 0 Å². The van der Waals surface area contributed by atoms with Crippen molar-refractivity contribution in [1.82, 2.24) is 14.8 Å². The first-order valence-electron chi connectivity index (χ1n) is 3.09. The second kappa shape index (κ2) is 2.74. The Bertz CT molecular complexity index is 266. The van der Waals surface area contributed by atoms with E-state index in [-0.39, 0.29) is 5.82 Å². The fourth-order valence-electron chi connectivity index (χ4n) is 0.720. The van der Waals surface area contributed by atoms with E-state index in [1.54, 1.807) is 0 Å². The van der Waals surface area contributed by atoms with Crippen LogP contribution in [0.15, 0.2) is 6.33 Å². The van der Waals surface area contributed by atoms with E-state index in [2.05, 4.69) is 10.2 Å². The highest BCUT2D eigenvalue weighted by molar-refractivity contribution is 4.96. The molecule has 1 rings (SSSR count). The van der Waals surface area contributed by atoms with Crippen molar-refractivity contribution in [2.45, 2.75) is 12.2 Å². The topological polar surface area (TPSA) is 56.7 Å². The number of nitrogens with two attached hydrogens (primary N) is 1. The molecule has 4 nitrogen and oxygen atoms in total. The van der Waals surface area contributed by atoms with E-state index in [9.17, 15) is 13.2 Å². The third kappa shape index (κ3) is 1.55. The van der Waals surface area contributed by atoms with Crippen molar-refractivity contribution in [3.05, 3.63) is 12.2 Å². The summed E-state index contributed by atoms with van der Waals surface area (Å²) in [5, 5.41) is 6.54. The van der Waals surface area contributed by atoms with Crippen LogP contribution in [0.2, 0.25) is 0 Å². The van der Waals surface area contributed by atoms with Crippen LogP contribution in [-0.4, -0.2) is 20.9 Å². The zero-order valence-electron chi connectivity index (χ0n) is 6.21. The van der Waals surface area contributed by atoms with Gasteiger partial charge < -0.3 is 10.3 Å². The Labute approximate surface area is 66.2 Å². The lowest BCUT2D eigenvalue weighted by Crippen LogP contribution is -2.30. The fraction of sp³-hybridized carbons (Fsp3) is 0.600. The summed E-state index contributed by atoms with van der Waals surface area (Å²) in [6, 6.07) is -2.06. The lowest BCUT2D eigenvalue weighted by atomic mass is 10.3. The minimum atomic E-state index is -4.47. The Balaban J connectivity index is 2.92. The molecule has 0 fully saturated rings. The Hall–Kier alpha value is -1.11. The van der Waals surface area contributed by atoms with E-state index in [1.807, 2.05) is 0 Å². The second-order valence-electron chi connectivity index (χ2n) is 2.32. The summed E-state index contributed by atoms with van der Waals surface area (Å²) in [7, 11) is 1.40. The number of hydrogen-bond acceptors (Lipinski definition) is 3. The van der Waals surface area contributed by atoms with Crippen LogP contribution >= 0.6 is 0 Å². The van der Waals surface area contributed by atoms with Crippen LogP contribution in [0, 0.1) is 0 Å². The molecule has 1 aromatic heterocycles. The van der Waals surface area contributed by atoms with Crippen LogP contribution in [0.4, 0.5) is 13.2 Å². The Morgan fingerprint density at radius 3 is 2.50 bits per heavy atom. The molecule has 0 aliphatic heterocycles. The second-order valence-corrected chi connectivity index (χ2v) is 2.32. The summed E-state index contributed by atoms with van der Waals surface area (Å²) in [6.45, 7) is 0. The molecule has 7 heteroatoms. The summed E-state index contributed by atoms with van der Waals surface area (Å²) >= 11 is 0. The van der Waals surface area contributed by atoms with Crippen LogP contribution in [-0.2, 0) is 7.05 Å². The summed E-state index contributed by atoms with van der Waals surface area (Å²) in [5.41, 5.74) is 4.87. The lowest BCUT2D eigenvalue weighted by molar-refractivity contribution is -0.151. The highest BCUT2D eigenvalue weighted by Crippen LogP contribution is 2.28. The van der Waals surface area contributed by atoms with Crippen molar-refractivity contribution in [3.8, 4) is 0 Å². The molecule has 0 amide bonds. The predicted molar refractivity (Wildman–Crippen MR) is 34.0 cm³/mol. The molecule has 0 saturated carbocycles. The van der Waals surface area contributed by atoms with Gasteiger partial charge in [-0.25, -0.2) is 0 Å². The number of nitrogens with zero attached hydrogens (tertiary/aromatic N) is 3. The Kier molecular flexibility index (Phi) is 2.05. The van der Waals surface area contributed by atoms with Gasteiger partial charge in [-0.3, -0.25) is 0 Å². The van der Waals surface area contributed by atoms with Crippen molar-refractivity contribution in [2.24, 2.45) is 12.8 Å². The lowest BCUT2D eigenvalue weighted by Gasteiger charge is -2.13. The molecule has 2 N–H and O–H groups in total. The first-order chi connectivity index (χ1) is 5.43. The molecule has 0 saturated heterocycles. The van der Waals surface area contributed by atoms with Gasteiger partial charge in [-0.05, 0) is 0 Å². The van der Waals surface area contributed by atoms with Crippen molar-refractivity contribution >= 4 is 0 Å². The number of aryl methyl sites for hydroxylation is 1. The van der Waals surface area contributed by atoms with Gasteiger partial charge in [0.05, 0.1) is 0 Å². The molecule has 0 radical (unpaired) electrons. The quantitative estimate of drug-likeness (QED) is 0.679. The monoisotopic (exact) mass is 180 g/mol. The maximum absolute atomic E-state index is 12.0. The van der Waals surface area contributed by atoms with Gasteiger partial charge >= 0.3 is 6.18 Å². The van der Waals surface area contributed by atoms with Crippen LogP contribution < -0.4 is 5.73 Å². The van der Waals surface area contributed by atoms with Crippen molar-refractivity contribution < 1.29 is 13.2 Å². The molecular formula is C5H7F3N4. The van der Waals surface area contributed by atoms with Gasteiger partial charge in [0.15, 0.2) is 11.9 Å². The third-order valence-corrected chi connectivity index (χ3v) is 1.38. The van der Waals surface area contributed by atoms with E-state index in [1.165, 1.54) is 13.4 Å². The first-order valence-corrected chi connectivity index (χ1v) is 3.09. The van der Waals surface area contributed by atoms with Gasteiger partial charge in [-0.15, -0.1) is 10.2 Å². The number of alkyl halides is 3. The van der Waals surface area contributed by atoms with Gasteiger partial charge in [-0.1, -0.05) is 0 Å². The maximum atomic E-state index is 12.0.